The minimum Gasteiger partial charge on any atom is -0.469 e. The molecule has 0 aromatic heterocycles. The number of carbonyl (C=O) groups excluding carboxylic acids is 1. The highest BCUT2D eigenvalue weighted by Gasteiger charge is 2.04. The van der Waals surface area contributed by atoms with Crippen LogP contribution < -0.4 is 0 Å². The number of rotatable bonds is 6. The van der Waals surface area contributed by atoms with Gasteiger partial charge in [0.1, 0.15) is 5.82 Å². The van der Waals surface area contributed by atoms with E-state index in [4.69, 9.17) is 0 Å². The Hall–Kier alpha value is -1.42. The molecule has 1 rings (SSSR count). The Morgan fingerprint density at radius 3 is 2.82 bits per heavy atom. The van der Waals surface area contributed by atoms with Crippen LogP contribution in [0.2, 0.25) is 0 Å². The fourth-order valence-electron chi connectivity index (χ4n) is 1.51. The molecule has 0 radical (unpaired) electrons. The smallest absolute Gasteiger partial charge is 0.306 e. The Kier molecular flexibility index (Phi) is 5.63. The summed E-state index contributed by atoms with van der Waals surface area (Å²) < 4.78 is 17.5. The molecule has 0 fully saturated rings. The number of halogens is 1. The van der Waals surface area contributed by atoms with E-state index in [0.717, 1.165) is 18.5 Å². The van der Waals surface area contributed by atoms with Gasteiger partial charge in [-0.15, -0.1) is 0 Å². The maximum absolute atomic E-state index is 12.9. The van der Waals surface area contributed by atoms with Gasteiger partial charge in [-0.25, -0.2) is 4.39 Å². The van der Waals surface area contributed by atoms with Crippen molar-refractivity contribution in [3.05, 3.63) is 35.6 Å². The third-order valence-corrected chi connectivity index (χ3v) is 2.60. The molecule has 0 atom stereocenters. The van der Waals surface area contributed by atoms with Crippen LogP contribution in [-0.4, -0.2) is 38.1 Å². The highest BCUT2D eigenvalue weighted by molar-refractivity contribution is 5.69. The molecule has 0 saturated carbocycles. The van der Waals surface area contributed by atoms with Crippen LogP contribution in [0.15, 0.2) is 24.3 Å². The van der Waals surface area contributed by atoms with Gasteiger partial charge in [-0.2, -0.15) is 0 Å². The second kappa shape index (κ2) is 7.01. The summed E-state index contributed by atoms with van der Waals surface area (Å²) in [6, 6.07) is 6.58. The molecule has 0 aliphatic carbocycles. The summed E-state index contributed by atoms with van der Waals surface area (Å²) >= 11 is 0. The van der Waals surface area contributed by atoms with E-state index in [1.54, 1.807) is 6.07 Å². The molecular weight excluding hydrogens is 221 g/mol. The summed E-state index contributed by atoms with van der Waals surface area (Å²) in [7, 11) is 3.32. The van der Waals surface area contributed by atoms with Gasteiger partial charge in [0.05, 0.1) is 13.5 Å². The van der Waals surface area contributed by atoms with Crippen LogP contribution in [0.5, 0.6) is 0 Å². The van der Waals surface area contributed by atoms with E-state index in [9.17, 15) is 9.18 Å². The maximum Gasteiger partial charge on any atom is 0.306 e. The fourth-order valence-corrected chi connectivity index (χ4v) is 1.51. The third-order valence-electron chi connectivity index (χ3n) is 2.60. The maximum atomic E-state index is 12.9. The number of hydrogen-bond donors (Lipinski definition) is 0. The zero-order valence-electron chi connectivity index (χ0n) is 10.3. The van der Waals surface area contributed by atoms with E-state index in [-0.39, 0.29) is 11.8 Å². The van der Waals surface area contributed by atoms with E-state index < -0.39 is 0 Å². The van der Waals surface area contributed by atoms with Gasteiger partial charge in [0.25, 0.3) is 0 Å². The topological polar surface area (TPSA) is 29.5 Å². The molecule has 0 bridgehead atoms. The Labute approximate surface area is 101 Å². The van der Waals surface area contributed by atoms with Gasteiger partial charge in [-0.3, -0.25) is 4.79 Å². The summed E-state index contributed by atoms with van der Waals surface area (Å²) in [5, 5.41) is 0. The van der Waals surface area contributed by atoms with Crippen molar-refractivity contribution < 1.29 is 13.9 Å². The van der Waals surface area contributed by atoms with Crippen molar-refractivity contribution in [3.63, 3.8) is 0 Å². The first kappa shape index (κ1) is 13.6. The zero-order chi connectivity index (χ0) is 12.7. The highest BCUT2D eigenvalue weighted by atomic mass is 19.1. The van der Waals surface area contributed by atoms with Gasteiger partial charge in [0.15, 0.2) is 0 Å². The lowest BCUT2D eigenvalue weighted by molar-refractivity contribution is -0.140. The molecule has 1 aromatic rings. The fraction of sp³-hybridized carbons (Fsp3) is 0.462. The molecule has 0 saturated heterocycles. The minimum atomic E-state index is -0.209. The Morgan fingerprint density at radius 1 is 1.41 bits per heavy atom. The van der Waals surface area contributed by atoms with Crippen LogP contribution >= 0.6 is 0 Å². The quantitative estimate of drug-likeness (QED) is 0.710. The number of carbonyl (C=O) groups is 1. The molecule has 4 heteroatoms. The Balaban J connectivity index is 2.28. The lowest BCUT2D eigenvalue weighted by atomic mass is 10.1. The van der Waals surface area contributed by atoms with E-state index >= 15 is 0 Å². The number of esters is 1. The van der Waals surface area contributed by atoms with E-state index in [1.165, 1.54) is 19.2 Å². The highest BCUT2D eigenvalue weighted by Crippen LogP contribution is 2.05. The Bertz CT molecular complexity index is 368. The second-order valence-electron chi connectivity index (χ2n) is 4.01. The Morgan fingerprint density at radius 2 is 2.18 bits per heavy atom. The first-order valence-electron chi connectivity index (χ1n) is 5.61. The third kappa shape index (κ3) is 5.45. The normalized spacial score (nSPS) is 10.6. The summed E-state index contributed by atoms with van der Waals surface area (Å²) in [6.45, 7) is 1.45. The van der Waals surface area contributed by atoms with Crippen molar-refractivity contribution in [2.24, 2.45) is 0 Å². The molecule has 0 heterocycles. The van der Waals surface area contributed by atoms with Crippen molar-refractivity contribution in [2.75, 3.05) is 27.2 Å². The van der Waals surface area contributed by atoms with Crippen LogP contribution in [0.25, 0.3) is 0 Å². The van der Waals surface area contributed by atoms with E-state index in [1.807, 2.05) is 18.0 Å². The van der Waals surface area contributed by atoms with Gasteiger partial charge in [-0.1, -0.05) is 12.1 Å². The zero-order valence-corrected chi connectivity index (χ0v) is 10.3. The minimum absolute atomic E-state index is 0.206. The SMILES string of the molecule is COC(=O)CCN(C)CCc1cccc(F)c1. The van der Waals surface area contributed by atoms with E-state index in [0.29, 0.717) is 13.0 Å². The van der Waals surface area contributed by atoms with Crippen molar-refractivity contribution in [2.45, 2.75) is 12.8 Å². The molecule has 0 aliphatic heterocycles. The summed E-state index contributed by atoms with van der Waals surface area (Å²) in [5.41, 5.74) is 0.968. The average molecular weight is 239 g/mol. The molecule has 0 amide bonds. The number of benzene rings is 1. The van der Waals surface area contributed by atoms with E-state index in [2.05, 4.69) is 4.74 Å². The van der Waals surface area contributed by atoms with Crippen LogP contribution in [-0.2, 0) is 16.0 Å². The first-order chi connectivity index (χ1) is 8.11. The molecule has 3 nitrogen and oxygen atoms in total. The first-order valence-corrected chi connectivity index (χ1v) is 5.61. The predicted octanol–water partition coefficient (Wildman–Crippen LogP) is 1.86. The van der Waals surface area contributed by atoms with Crippen LogP contribution in [0, 0.1) is 5.82 Å². The molecule has 17 heavy (non-hydrogen) atoms. The van der Waals surface area contributed by atoms with Gasteiger partial charge in [0, 0.05) is 13.1 Å². The van der Waals surface area contributed by atoms with Crippen molar-refractivity contribution in [1.29, 1.82) is 0 Å². The predicted molar refractivity (Wildman–Crippen MR) is 64.2 cm³/mol. The van der Waals surface area contributed by atoms with Crippen molar-refractivity contribution in [1.82, 2.24) is 4.90 Å². The average Bonchev–Trinajstić information content (AvgIpc) is 2.33. The molecule has 0 N–H and O–H groups in total. The van der Waals surface area contributed by atoms with Crippen LogP contribution in [0.4, 0.5) is 4.39 Å². The lowest BCUT2D eigenvalue weighted by Crippen LogP contribution is -2.24. The number of nitrogens with zero attached hydrogens (tertiary/aromatic N) is 1. The summed E-state index contributed by atoms with van der Waals surface area (Å²) in [5.74, 6) is -0.415. The molecular formula is C13H18FNO2. The standard InChI is InChI=1S/C13H18FNO2/c1-15(9-7-13(16)17-2)8-6-11-4-3-5-12(14)10-11/h3-5,10H,6-9H2,1-2H3. The van der Waals surface area contributed by atoms with Gasteiger partial charge >= 0.3 is 5.97 Å². The van der Waals surface area contributed by atoms with Crippen molar-refractivity contribution in [3.8, 4) is 0 Å². The number of methoxy groups -OCH3 is 1. The molecule has 0 spiro atoms. The van der Waals surface area contributed by atoms with Crippen LogP contribution in [0.3, 0.4) is 0 Å². The molecule has 0 aliphatic rings. The van der Waals surface area contributed by atoms with Gasteiger partial charge < -0.3 is 9.64 Å². The van der Waals surface area contributed by atoms with Crippen LogP contribution in [0.1, 0.15) is 12.0 Å². The number of hydrogen-bond acceptors (Lipinski definition) is 3. The summed E-state index contributed by atoms with van der Waals surface area (Å²) in [6.07, 6.45) is 1.16. The van der Waals surface area contributed by atoms with Crippen molar-refractivity contribution >= 4 is 5.97 Å². The second-order valence-corrected chi connectivity index (χ2v) is 4.01. The number of likely N-dealkylation sites (N-methyl/N-ethyl adjacent to an activating group) is 1. The van der Waals surface area contributed by atoms with Gasteiger partial charge in [0.2, 0.25) is 0 Å². The van der Waals surface area contributed by atoms with Gasteiger partial charge in [-0.05, 0) is 31.2 Å². The largest absolute Gasteiger partial charge is 0.469 e. The lowest BCUT2D eigenvalue weighted by Gasteiger charge is -2.15. The molecule has 94 valence electrons. The summed E-state index contributed by atoms with van der Waals surface area (Å²) in [4.78, 5) is 13.0. The molecule has 0 unspecified atom stereocenters. The number of ether oxygens (including phenoxy) is 1. The molecule has 1 aromatic carbocycles. The monoisotopic (exact) mass is 239 g/mol.